The van der Waals surface area contributed by atoms with Crippen LogP contribution in [0.5, 0.6) is 11.5 Å². The molecule has 1 fully saturated rings. The second kappa shape index (κ2) is 12.9. The van der Waals surface area contributed by atoms with E-state index in [1.54, 1.807) is 12.1 Å². The van der Waals surface area contributed by atoms with Crippen LogP contribution in [0.4, 0.5) is 17.5 Å². The molecule has 1 unspecified atom stereocenters. The summed E-state index contributed by atoms with van der Waals surface area (Å²) in [7, 11) is -1.03. The number of H-pyrrole nitrogens is 1. The summed E-state index contributed by atoms with van der Waals surface area (Å²) in [4.78, 5) is 53.4. The molecule has 246 valence electrons. The van der Waals surface area contributed by atoms with Crippen molar-refractivity contribution in [2.45, 2.75) is 49.1 Å². The Bertz CT molecular complexity index is 2010. The summed E-state index contributed by atoms with van der Waals surface area (Å²) in [6.07, 6.45) is 5.49. The van der Waals surface area contributed by atoms with Gasteiger partial charge in [0.25, 0.3) is 17.2 Å². The molecule has 4 heterocycles. The number of amides is 1. The van der Waals surface area contributed by atoms with Gasteiger partial charge in [0.15, 0.2) is 23.1 Å². The van der Waals surface area contributed by atoms with Gasteiger partial charge in [-0.25, -0.2) is 18.1 Å². The molecule has 0 saturated heterocycles. The first-order chi connectivity index (χ1) is 22.5. The van der Waals surface area contributed by atoms with E-state index in [0.29, 0.717) is 65.5 Å². The Labute approximate surface area is 268 Å². The Morgan fingerprint density at radius 3 is 2.66 bits per heavy atom. The van der Waals surface area contributed by atoms with Gasteiger partial charge >= 0.3 is 0 Å². The third-order valence-electron chi connectivity index (χ3n) is 8.61. The zero-order valence-electron chi connectivity index (χ0n) is 25.5. The molecule has 3 N–H and O–H groups in total. The van der Waals surface area contributed by atoms with E-state index in [1.165, 1.54) is 37.7 Å². The molecule has 2 aliphatic rings. The molecule has 17 heteroatoms. The second-order valence-corrected chi connectivity index (χ2v) is 13.2. The lowest BCUT2D eigenvalue weighted by molar-refractivity contribution is -0.387. The number of benzene rings is 1. The van der Waals surface area contributed by atoms with Gasteiger partial charge in [-0.15, -0.1) is 0 Å². The summed E-state index contributed by atoms with van der Waals surface area (Å²) >= 11 is 0. The molecule has 0 bridgehead atoms. The Morgan fingerprint density at radius 1 is 1.15 bits per heavy atom. The summed E-state index contributed by atoms with van der Waals surface area (Å²) < 4.78 is 40.6. The lowest BCUT2D eigenvalue weighted by Gasteiger charge is -2.38. The number of nitro benzene ring substituents is 1. The van der Waals surface area contributed by atoms with Gasteiger partial charge in [0, 0.05) is 36.8 Å². The Hall–Kier alpha value is -5.16. The highest BCUT2D eigenvalue weighted by atomic mass is 32.2. The lowest BCUT2D eigenvalue weighted by atomic mass is 9.79. The lowest BCUT2D eigenvalue weighted by Crippen LogP contribution is -2.46. The minimum absolute atomic E-state index is 0.000213. The minimum Gasteiger partial charge on any atom is -0.495 e. The largest absolute Gasteiger partial charge is 0.495 e. The number of pyridine rings is 2. The topological polar surface area (TPSA) is 212 Å². The summed E-state index contributed by atoms with van der Waals surface area (Å²) in [5.41, 5.74) is 0.331. The summed E-state index contributed by atoms with van der Waals surface area (Å²) in [5, 5.41) is 14.4. The van der Waals surface area contributed by atoms with Crippen molar-refractivity contribution in [3.05, 3.63) is 74.8 Å². The van der Waals surface area contributed by atoms with E-state index in [2.05, 4.69) is 30.0 Å². The molecule has 16 nitrogen and oxygen atoms in total. The smallest absolute Gasteiger partial charge is 0.289 e. The average molecular weight is 665 g/mol. The number of ether oxygens (including phenoxy) is 2. The first-order valence-electron chi connectivity index (χ1n) is 14.9. The van der Waals surface area contributed by atoms with Crippen LogP contribution in [0.2, 0.25) is 0 Å². The number of nitrogens with zero attached hydrogens (tertiary/aromatic N) is 5. The molecule has 1 aliphatic carbocycles. The van der Waals surface area contributed by atoms with Gasteiger partial charge in [-0.1, -0.05) is 12.1 Å². The van der Waals surface area contributed by atoms with Crippen LogP contribution < -0.4 is 30.0 Å². The first-order valence-corrected chi connectivity index (χ1v) is 16.3. The van der Waals surface area contributed by atoms with Crippen LogP contribution in [0, 0.1) is 16.0 Å². The predicted octanol–water partition coefficient (Wildman–Crippen LogP) is 2.55. The molecular weight excluding hydrogens is 632 g/mol. The number of hydrogen-bond donors (Lipinski definition) is 3. The maximum absolute atomic E-state index is 13.7. The van der Waals surface area contributed by atoms with Crippen LogP contribution in [0.25, 0.3) is 11.0 Å². The van der Waals surface area contributed by atoms with Crippen LogP contribution in [0.1, 0.15) is 31.2 Å². The highest BCUT2D eigenvalue weighted by Gasteiger charge is 2.35. The average Bonchev–Trinajstić information content (AvgIpc) is 3.07. The third kappa shape index (κ3) is 6.71. The van der Waals surface area contributed by atoms with Gasteiger partial charge in [-0.3, -0.25) is 24.7 Å². The van der Waals surface area contributed by atoms with Crippen LogP contribution in [-0.4, -0.2) is 72.0 Å². The predicted molar refractivity (Wildman–Crippen MR) is 170 cm³/mol. The molecule has 1 aromatic carbocycles. The van der Waals surface area contributed by atoms with Crippen molar-refractivity contribution in [3.63, 3.8) is 0 Å². The number of nitrogens with one attached hydrogen (secondary N) is 3. The van der Waals surface area contributed by atoms with Gasteiger partial charge in [0.1, 0.15) is 5.75 Å². The summed E-state index contributed by atoms with van der Waals surface area (Å²) in [5.74, 6) is 1.03. The van der Waals surface area contributed by atoms with Crippen molar-refractivity contribution in [3.8, 4) is 11.5 Å². The van der Waals surface area contributed by atoms with Crippen molar-refractivity contribution in [2.75, 3.05) is 31.0 Å². The molecule has 1 saturated carbocycles. The number of rotatable bonds is 10. The van der Waals surface area contributed by atoms with Gasteiger partial charge in [0.05, 0.1) is 35.5 Å². The van der Waals surface area contributed by atoms with Crippen molar-refractivity contribution in [1.82, 2.24) is 24.7 Å². The monoisotopic (exact) mass is 664 g/mol. The number of methoxy groups -OCH3 is 1. The van der Waals surface area contributed by atoms with E-state index in [-0.39, 0.29) is 30.9 Å². The second-order valence-electron chi connectivity index (χ2n) is 11.5. The normalized spacial score (nSPS) is 18.5. The van der Waals surface area contributed by atoms with Crippen LogP contribution in [-0.2, 0) is 21.2 Å². The fourth-order valence-electron chi connectivity index (χ4n) is 6.10. The van der Waals surface area contributed by atoms with Crippen LogP contribution in [0.15, 0.2) is 58.5 Å². The van der Waals surface area contributed by atoms with Crippen LogP contribution >= 0.6 is 0 Å². The maximum Gasteiger partial charge on any atom is 0.289 e. The molecule has 3 aromatic heterocycles. The van der Waals surface area contributed by atoms with Crippen molar-refractivity contribution < 1.29 is 27.6 Å². The molecule has 6 rings (SSSR count). The van der Waals surface area contributed by atoms with Gasteiger partial charge in [-0.2, -0.15) is 4.98 Å². The standard InChI is InChI=1S/C30H32N8O8S/c1-37(30-32-15-25-28(35-30)34-27(39)16-46-25)19-9-7-17(8-10-19)21(36-47(43,44)26-6-4-3-5-24(26)38(41)42)11-18-12-22-23(33-29(18)40)13-20(45-2)14-31-22/h3-6,12-15,17,19,21,36H,7-11,16H2,1-2H3,(H,33,40)(H,32,34,35,39). The number of hydrogen-bond acceptors (Lipinski definition) is 12. The molecule has 47 heavy (non-hydrogen) atoms. The summed E-state index contributed by atoms with van der Waals surface area (Å²) in [6.45, 7) is -0.103. The molecule has 4 aromatic rings. The highest BCUT2D eigenvalue weighted by Crippen LogP contribution is 2.34. The number of carbonyl (C=O) groups excluding carboxylic acids is 1. The number of sulfonamides is 1. The van der Waals surface area contributed by atoms with Crippen molar-refractivity contribution in [1.29, 1.82) is 0 Å². The molecular formula is C30H32N8O8S. The molecule has 0 radical (unpaired) electrons. The number of para-hydroxylation sites is 1. The van der Waals surface area contributed by atoms with Gasteiger partial charge in [0.2, 0.25) is 16.0 Å². The van der Waals surface area contributed by atoms with Gasteiger partial charge in [-0.05, 0) is 50.2 Å². The number of fused-ring (bicyclic) bond motifs is 2. The van der Waals surface area contributed by atoms with E-state index in [1.807, 2.05) is 11.9 Å². The Morgan fingerprint density at radius 2 is 1.91 bits per heavy atom. The van der Waals surface area contributed by atoms with E-state index < -0.39 is 37.1 Å². The molecule has 0 spiro atoms. The molecule has 1 atom stereocenters. The van der Waals surface area contributed by atoms with E-state index >= 15 is 0 Å². The Balaban J connectivity index is 1.26. The maximum atomic E-state index is 13.7. The first kappa shape index (κ1) is 31.8. The Kier molecular flexibility index (Phi) is 8.74. The fraction of sp³-hybridized carbons (Fsp3) is 0.367. The highest BCUT2D eigenvalue weighted by molar-refractivity contribution is 7.89. The van der Waals surface area contributed by atoms with Crippen molar-refractivity contribution >= 4 is 44.4 Å². The van der Waals surface area contributed by atoms with E-state index in [4.69, 9.17) is 9.47 Å². The number of aromatic nitrogens is 4. The number of anilines is 2. The minimum atomic E-state index is -4.37. The zero-order chi connectivity index (χ0) is 33.3. The molecule has 1 amide bonds. The SMILES string of the molecule is COc1cnc2cc(CC(NS(=O)(=O)c3ccccc3[N+](=O)[O-])C3CCC(N(C)c4ncc5c(n4)NC(=O)CO5)CC3)c(=O)[nH]c2c1. The zero-order valence-corrected chi connectivity index (χ0v) is 26.3. The quantitative estimate of drug-likeness (QED) is 0.165. The number of aromatic amines is 1. The number of carbonyl (C=O) groups is 1. The van der Waals surface area contributed by atoms with Crippen molar-refractivity contribution in [2.24, 2.45) is 5.92 Å². The van der Waals surface area contributed by atoms with E-state index in [0.717, 1.165) is 6.07 Å². The molecule has 1 aliphatic heterocycles. The van der Waals surface area contributed by atoms with Gasteiger partial charge < -0.3 is 24.7 Å². The summed E-state index contributed by atoms with van der Waals surface area (Å²) in [6, 6.07) is 7.65. The van der Waals surface area contributed by atoms with E-state index in [9.17, 15) is 28.1 Å². The van der Waals surface area contributed by atoms with Crippen LogP contribution in [0.3, 0.4) is 0 Å². The fourth-order valence-corrected chi connectivity index (χ4v) is 7.58. The third-order valence-corrected chi connectivity index (χ3v) is 10.1. The number of nitro groups is 1.